The molecule has 0 bridgehead atoms. The van der Waals surface area contributed by atoms with Crippen LogP contribution in [-0.2, 0) is 0 Å². The minimum Gasteiger partial charge on any atom is -0.308 e. The highest BCUT2D eigenvalue weighted by atomic mass is 35.5. The van der Waals surface area contributed by atoms with Crippen molar-refractivity contribution in [3.63, 3.8) is 0 Å². The van der Waals surface area contributed by atoms with Crippen LogP contribution in [0.15, 0.2) is 33.9 Å². The van der Waals surface area contributed by atoms with Gasteiger partial charge in [-0.15, -0.1) is 0 Å². The van der Waals surface area contributed by atoms with E-state index < -0.39 is 17.2 Å². The summed E-state index contributed by atoms with van der Waals surface area (Å²) >= 11 is 11.6. The molecule has 1 amide bonds. The van der Waals surface area contributed by atoms with Crippen LogP contribution in [0.1, 0.15) is 10.4 Å². The van der Waals surface area contributed by atoms with E-state index in [1.165, 1.54) is 18.2 Å². The standard InChI is InChI=1S/C11H7Cl2N3O3/c12-5-1-2-6(7(13)3-5)10(18)14-8-4-9(17)16-11(19)15-8/h1-4H,(H3,14,15,16,17,18,19). The number of aromatic nitrogens is 2. The van der Waals surface area contributed by atoms with E-state index >= 15 is 0 Å². The molecular formula is C11H7Cl2N3O3. The summed E-state index contributed by atoms with van der Waals surface area (Å²) in [6.45, 7) is 0. The molecule has 1 aromatic heterocycles. The van der Waals surface area contributed by atoms with E-state index in [2.05, 4.69) is 10.3 Å². The molecule has 0 fully saturated rings. The number of anilines is 1. The summed E-state index contributed by atoms with van der Waals surface area (Å²) in [6, 6.07) is 5.40. The monoisotopic (exact) mass is 299 g/mol. The first-order chi connectivity index (χ1) is 8.95. The van der Waals surface area contributed by atoms with Crippen LogP contribution in [0.4, 0.5) is 5.82 Å². The third-order valence-corrected chi connectivity index (χ3v) is 2.73. The summed E-state index contributed by atoms with van der Waals surface area (Å²) in [5, 5.41) is 2.92. The molecule has 8 heteroatoms. The first-order valence-corrected chi connectivity index (χ1v) is 5.81. The highest BCUT2D eigenvalue weighted by Gasteiger charge is 2.11. The number of carbonyl (C=O) groups is 1. The smallest absolute Gasteiger partial charge is 0.308 e. The van der Waals surface area contributed by atoms with Crippen molar-refractivity contribution in [3.8, 4) is 0 Å². The lowest BCUT2D eigenvalue weighted by Crippen LogP contribution is -2.24. The van der Waals surface area contributed by atoms with Crippen molar-refractivity contribution >= 4 is 34.9 Å². The van der Waals surface area contributed by atoms with E-state index in [1.54, 1.807) is 0 Å². The molecule has 6 nitrogen and oxygen atoms in total. The number of benzene rings is 1. The van der Waals surface area contributed by atoms with Gasteiger partial charge in [-0.3, -0.25) is 19.6 Å². The molecule has 0 saturated heterocycles. The average Bonchev–Trinajstić information content (AvgIpc) is 2.26. The van der Waals surface area contributed by atoms with Crippen LogP contribution in [0.25, 0.3) is 0 Å². The van der Waals surface area contributed by atoms with E-state index in [9.17, 15) is 14.4 Å². The second-order valence-corrected chi connectivity index (χ2v) is 4.42. The van der Waals surface area contributed by atoms with Gasteiger partial charge in [0.15, 0.2) is 0 Å². The third kappa shape index (κ3) is 3.24. The molecule has 3 N–H and O–H groups in total. The van der Waals surface area contributed by atoms with Gasteiger partial charge in [0, 0.05) is 11.1 Å². The van der Waals surface area contributed by atoms with Crippen LogP contribution < -0.4 is 16.6 Å². The number of carbonyl (C=O) groups excluding carboxylic acids is 1. The van der Waals surface area contributed by atoms with Gasteiger partial charge in [-0.25, -0.2) is 4.79 Å². The zero-order valence-electron chi connectivity index (χ0n) is 9.29. The Labute approximate surface area is 116 Å². The molecule has 0 saturated carbocycles. The van der Waals surface area contributed by atoms with Gasteiger partial charge in [0.2, 0.25) is 0 Å². The van der Waals surface area contributed by atoms with Crippen LogP contribution in [0.2, 0.25) is 10.0 Å². The quantitative estimate of drug-likeness (QED) is 0.786. The average molecular weight is 300 g/mol. The second kappa shape index (κ2) is 5.29. The molecule has 19 heavy (non-hydrogen) atoms. The summed E-state index contributed by atoms with van der Waals surface area (Å²) in [5.41, 5.74) is -1.17. The van der Waals surface area contributed by atoms with Crippen LogP contribution in [-0.4, -0.2) is 15.9 Å². The molecule has 0 aliphatic rings. The highest BCUT2D eigenvalue weighted by Crippen LogP contribution is 2.21. The fraction of sp³-hybridized carbons (Fsp3) is 0. The van der Waals surface area contributed by atoms with Crippen molar-refractivity contribution in [3.05, 3.63) is 60.7 Å². The molecule has 1 heterocycles. The van der Waals surface area contributed by atoms with Crippen molar-refractivity contribution in [2.45, 2.75) is 0 Å². The highest BCUT2D eigenvalue weighted by molar-refractivity contribution is 6.37. The minimum atomic E-state index is -0.718. The SMILES string of the molecule is O=C(Nc1cc(=O)[nH]c(=O)[nH]1)c1ccc(Cl)cc1Cl. The number of amides is 1. The van der Waals surface area contributed by atoms with Crippen molar-refractivity contribution in [1.29, 1.82) is 0 Å². The molecular weight excluding hydrogens is 293 g/mol. The van der Waals surface area contributed by atoms with E-state index in [1.807, 2.05) is 4.98 Å². The van der Waals surface area contributed by atoms with Gasteiger partial charge in [0.1, 0.15) is 5.82 Å². The van der Waals surface area contributed by atoms with Crippen LogP contribution in [0.3, 0.4) is 0 Å². The molecule has 0 spiro atoms. The lowest BCUT2D eigenvalue weighted by molar-refractivity contribution is 0.102. The van der Waals surface area contributed by atoms with Crippen molar-refractivity contribution in [2.24, 2.45) is 0 Å². The summed E-state index contributed by atoms with van der Waals surface area (Å²) in [6.07, 6.45) is 0. The first-order valence-electron chi connectivity index (χ1n) is 5.06. The predicted octanol–water partition coefficient (Wildman–Crippen LogP) is 1.62. The molecule has 0 radical (unpaired) electrons. The van der Waals surface area contributed by atoms with Crippen LogP contribution >= 0.6 is 23.2 Å². The van der Waals surface area contributed by atoms with E-state index in [0.717, 1.165) is 6.07 Å². The van der Waals surface area contributed by atoms with E-state index in [-0.39, 0.29) is 16.4 Å². The number of aromatic amines is 2. The largest absolute Gasteiger partial charge is 0.327 e. The maximum absolute atomic E-state index is 11.9. The number of hydrogen-bond donors (Lipinski definition) is 3. The van der Waals surface area contributed by atoms with Gasteiger partial charge in [0.25, 0.3) is 11.5 Å². The lowest BCUT2D eigenvalue weighted by atomic mass is 10.2. The Bertz CT molecular complexity index is 723. The van der Waals surface area contributed by atoms with Crippen LogP contribution in [0, 0.1) is 0 Å². The topological polar surface area (TPSA) is 94.8 Å². The van der Waals surface area contributed by atoms with Crippen molar-refractivity contribution in [1.82, 2.24) is 9.97 Å². The lowest BCUT2D eigenvalue weighted by Gasteiger charge is -2.06. The van der Waals surface area contributed by atoms with Gasteiger partial charge in [-0.1, -0.05) is 23.2 Å². The normalized spacial score (nSPS) is 10.2. The number of halogens is 2. The predicted molar refractivity (Wildman–Crippen MR) is 72.1 cm³/mol. The summed E-state index contributed by atoms with van der Waals surface area (Å²) in [4.78, 5) is 38.2. The van der Waals surface area contributed by atoms with Gasteiger partial charge < -0.3 is 5.32 Å². The zero-order chi connectivity index (χ0) is 14.0. The minimum absolute atomic E-state index is 0.0234. The number of rotatable bonds is 2. The van der Waals surface area contributed by atoms with Gasteiger partial charge >= 0.3 is 5.69 Å². The number of H-pyrrole nitrogens is 2. The first kappa shape index (κ1) is 13.4. The Morgan fingerprint density at radius 2 is 1.84 bits per heavy atom. The molecule has 0 atom stereocenters. The molecule has 0 aliphatic heterocycles. The van der Waals surface area contributed by atoms with Gasteiger partial charge in [-0.2, -0.15) is 0 Å². The Balaban J connectivity index is 2.30. The molecule has 0 aliphatic carbocycles. The number of hydrogen-bond acceptors (Lipinski definition) is 3. The zero-order valence-corrected chi connectivity index (χ0v) is 10.8. The van der Waals surface area contributed by atoms with E-state index in [4.69, 9.17) is 23.2 Å². The van der Waals surface area contributed by atoms with Crippen molar-refractivity contribution in [2.75, 3.05) is 5.32 Å². The molecule has 1 aromatic carbocycles. The number of nitrogens with one attached hydrogen (secondary N) is 3. The summed E-state index contributed by atoms with van der Waals surface area (Å²) in [5.74, 6) is -0.590. The second-order valence-electron chi connectivity index (χ2n) is 3.58. The summed E-state index contributed by atoms with van der Waals surface area (Å²) in [7, 11) is 0. The molecule has 2 aromatic rings. The summed E-state index contributed by atoms with van der Waals surface area (Å²) < 4.78 is 0. The third-order valence-electron chi connectivity index (χ3n) is 2.18. The van der Waals surface area contributed by atoms with Gasteiger partial charge in [0.05, 0.1) is 10.6 Å². The molecule has 98 valence electrons. The fourth-order valence-electron chi connectivity index (χ4n) is 1.40. The van der Waals surface area contributed by atoms with Crippen molar-refractivity contribution < 1.29 is 4.79 Å². The Kier molecular flexibility index (Phi) is 3.73. The molecule has 0 unspecified atom stereocenters. The van der Waals surface area contributed by atoms with Crippen LogP contribution in [0.5, 0.6) is 0 Å². The Morgan fingerprint density at radius 3 is 2.47 bits per heavy atom. The maximum Gasteiger partial charge on any atom is 0.327 e. The maximum atomic E-state index is 11.9. The molecule has 2 rings (SSSR count). The Morgan fingerprint density at radius 1 is 1.11 bits per heavy atom. The van der Waals surface area contributed by atoms with E-state index in [0.29, 0.717) is 5.02 Å². The Hall–Kier alpha value is -2.05. The van der Waals surface area contributed by atoms with Gasteiger partial charge in [-0.05, 0) is 18.2 Å². The fourth-order valence-corrected chi connectivity index (χ4v) is 1.89.